The summed E-state index contributed by atoms with van der Waals surface area (Å²) in [7, 11) is -1.12. The Bertz CT molecular complexity index is 1010. The van der Waals surface area contributed by atoms with Crippen molar-refractivity contribution in [2.24, 2.45) is 11.8 Å². The number of hydrogen-bond donors (Lipinski definition) is 0. The molecule has 60 heavy (non-hydrogen) atoms. The van der Waals surface area contributed by atoms with Gasteiger partial charge in [0, 0.05) is 8.07 Å². The molecular formula is C58H110OSi. The van der Waals surface area contributed by atoms with Crippen LogP contribution in [0.4, 0.5) is 0 Å². The summed E-state index contributed by atoms with van der Waals surface area (Å²) in [6.45, 7) is 13.3. The Kier molecular flexibility index (Phi) is 36.7. The molecule has 1 saturated carbocycles. The standard InChI is InChI=1S/C58H110OSi/c1-6-9-12-15-17-19-21-22-24-26-28-31-36-40-54(39-35-30-27-25-23-20-18-16-13-10-7-2)50-53-60(4,5)52-38-33-32-37-51-59-58-48-46-57(47-49-58)56-44-42-55(43-45-56)41-34-29-14-11-8-3/h46-49,54-56H,6-45,50-53H2,1-5H3. The third-order valence-electron chi connectivity index (χ3n) is 15.1. The molecule has 0 amide bonds. The normalized spacial score (nSPS) is 16.4. The largest absolute Gasteiger partial charge is 0.494 e. The minimum atomic E-state index is -1.12. The fourth-order valence-electron chi connectivity index (χ4n) is 10.6. The highest BCUT2D eigenvalue weighted by molar-refractivity contribution is 6.77. The van der Waals surface area contributed by atoms with E-state index < -0.39 is 8.07 Å². The van der Waals surface area contributed by atoms with Crippen molar-refractivity contribution < 1.29 is 4.74 Å². The second-order valence-corrected chi connectivity index (χ2v) is 26.8. The van der Waals surface area contributed by atoms with Crippen LogP contribution in [-0.2, 0) is 0 Å². The van der Waals surface area contributed by atoms with Gasteiger partial charge in [-0.3, -0.25) is 0 Å². The maximum atomic E-state index is 6.23. The van der Waals surface area contributed by atoms with E-state index in [4.69, 9.17) is 4.74 Å². The van der Waals surface area contributed by atoms with Crippen LogP contribution in [0.2, 0.25) is 25.2 Å². The molecule has 0 aliphatic heterocycles. The molecule has 0 heterocycles. The summed E-state index contributed by atoms with van der Waals surface area (Å²) in [6.07, 6.45) is 59.4. The van der Waals surface area contributed by atoms with Crippen LogP contribution in [-0.4, -0.2) is 14.7 Å². The van der Waals surface area contributed by atoms with E-state index in [1.807, 2.05) is 0 Å². The van der Waals surface area contributed by atoms with E-state index in [1.54, 1.807) is 11.6 Å². The van der Waals surface area contributed by atoms with Crippen molar-refractivity contribution in [3.05, 3.63) is 29.8 Å². The van der Waals surface area contributed by atoms with E-state index in [0.29, 0.717) is 0 Å². The van der Waals surface area contributed by atoms with Crippen LogP contribution in [0.3, 0.4) is 0 Å². The second kappa shape index (κ2) is 39.8. The summed E-state index contributed by atoms with van der Waals surface area (Å²) >= 11 is 0. The second-order valence-electron chi connectivity index (χ2n) is 21.4. The van der Waals surface area contributed by atoms with Gasteiger partial charge in [-0.05, 0) is 67.6 Å². The van der Waals surface area contributed by atoms with Gasteiger partial charge < -0.3 is 4.74 Å². The van der Waals surface area contributed by atoms with Gasteiger partial charge in [0.2, 0.25) is 0 Å². The quantitative estimate of drug-likeness (QED) is 0.0469. The number of unbranched alkanes of at least 4 members (excludes halogenated alkanes) is 29. The Morgan fingerprint density at radius 2 is 0.833 bits per heavy atom. The van der Waals surface area contributed by atoms with Crippen molar-refractivity contribution in [2.45, 2.75) is 315 Å². The van der Waals surface area contributed by atoms with Gasteiger partial charge in [0.15, 0.2) is 0 Å². The zero-order chi connectivity index (χ0) is 43.0. The molecule has 2 rings (SSSR count). The predicted molar refractivity (Wildman–Crippen MR) is 275 cm³/mol. The molecule has 2 heteroatoms. The Balaban J connectivity index is 1.58. The van der Waals surface area contributed by atoms with Gasteiger partial charge >= 0.3 is 0 Å². The number of hydrogen-bond acceptors (Lipinski definition) is 1. The molecule has 0 radical (unpaired) electrons. The molecule has 0 aromatic heterocycles. The monoisotopic (exact) mass is 851 g/mol. The minimum Gasteiger partial charge on any atom is -0.494 e. The third kappa shape index (κ3) is 32.0. The molecule has 1 nitrogen and oxygen atoms in total. The molecule has 0 bridgehead atoms. The van der Waals surface area contributed by atoms with Gasteiger partial charge in [-0.2, -0.15) is 0 Å². The van der Waals surface area contributed by atoms with Crippen LogP contribution in [0.5, 0.6) is 5.75 Å². The smallest absolute Gasteiger partial charge is 0.119 e. The van der Waals surface area contributed by atoms with E-state index in [9.17, 15) is 0 Å². The van der Waals surface area contributed by atoms with Crippen molar-refractivity contribution in [2.75, 3.05) is 6.61 Å². The lowest BCUT2D eigenvalue weighted by molar-refractivity contribution is 0.299. The van der Waals surface area contributed by atoms with Gasteiger partial charge in [-0.1, -0.05) is 289 Å². The number of rotatable bonds is 44. The maximum absolute atomic E-state index is 6.23. The van der Waals surface area contributed by atoms with Crippen LogP contribution < -0.4 is 4.74 Å². The highest BCUT2D eigenvalue weighted by Gasteiger charge is 2.23. The fraction of sp³-hybridized carbons (Fsp3) is 0.897. The highest BCUT2D eigenvalue weighted by Crippen LogP contribution is 2.38. The van der Waals surface area contributed by atoms with E-state index in [1.165, 1.54) is 269 Å². The van der Waals surface area contributed by atoms with Crippen molar-refractivity contribution in [3.8, 4) is 5.75 Å². The summed E-state index contributed by atoms with van der Waals surface area (Å²) in [5, 5.41) is 0. The summed E-state index contributed by atoms with van der Waals surface area (Å²) in [6, 6.07) is 12.4. The zero-order valence-electron chi connectivity index (χ0n) is 42.1. The Labute approximate surface area is 380 Å². The van der Waals surface area contributed by atoms with Crippen LogP contribution >= 0.6 is 0 Å². The fourth-order valence-corrected chi connectivity index (χ4v) is 13.3. The van der Waals surface area contributed by atoms with E-state index in [-0.39, 0.29) is 0 Å². The maximum Gasteiger partial charge on any atom is 0.119 e. The van der Waals surface area contributed by atoms with Crippen molar-refractivity contribution in [1.29, 1.82) is 0 Å². The van der Waals surface area contributed by atoms with Crippen LogP contribution in [0, 0.1) is 11.8 Å². The molecule has 0 saturated heterocycles. The van der Waals surface area contributed by atoms with E-state index in [2.05, 4.69) is 58.1 Å². The first-order valence-corrected chi connectivity index (χ1v) is 31.6. The molecule has 1 atom stereocenters. The number of ether oxygens (including phenoxy) is 1. The molecule has 1 aliphatic rings. The van der Waals surface area contributed by atoms with Crippen molar-refractivity contribution >= 4 is 8.07 Å². The Morgan fingerprint density at radius 1 is 0.433 bits per heavy atom. The lowest BCUT2D eigenvalue weighted by Crippen LogP contribution is -2.25. The van der Waals surface area contributed by atoms with Crippen molar-refractivity contribution in [3.63, 3.8) is 0 Å². The molecule has 1 unspecified atom stereocenters. The highest BCUT2D eigenvalue weighted by atomic mass is 28.3. The lowest BCUT2D eigenvalue weighted by Gasteiger charge is -2.29. The molecule has 1 aromatic carbocycles. The van der Waals surface area contributed by atoms with Crippen molar-refractivity contribution in [1.82, 2.24) is 0 Å². The van der Waals surface area contributed by atoms with E-state index >= 15 is 0 Å². The van der Waals surface area contributed by atoms with E-state index in [0.717, 1.165) is 30.1 Å². The molecule has 1 aliphatic carbocycles. The average molecular weight is 852 g/mol. The van der Waals surface area contributed by atoms with Gasteiger partial charge in [-0.15, -0.1) is 0 Å². The van der Waals surface area contributed by atoms with Gasteiger partial charge in [-0.25, -0.2) is 0 Å². The summed E-state index contributed by atoms with van der Waals surface area (Å²) < 4.78 is 6.23. The minimum absolute atomic E-state index is 0.771. The Hall–Kier alpha value is -0.763. The first-order chi connectivity index (χ1) is 29.5. The summed E-state index contributed by atoms with van der Waals surface area (Å²) in [4.78, 5) is 0. The first kappa shape index (κ1) is 55.4. The van der Waals surface area contributed by atoms with Gasteiger partial charge in [0.25, 0.3) is 0 Å². The van der Waals surface area contributed by atoms with Gasteiger partial charge in [0.1, 0.15) is 5.75 Å². The molecular weight excluding hydrogens is 741 g/mol. The van der Waals surface area contributed by atoms with Gasteiger partial charge in [0.05, 0.1) is 6.61 Å². The molecule has 1 fully saturated rings. The van der Waals surface area contributed by atoms with Crippen LogP contribution in [0.25, 0.3) is 0 Å². The molecule has 352 valence electrons. The summed E-state index contributed by atoms with van der Waals surface area (Å²) in [5.74, 6) is 3.84. The SMILES string of the molecule is CCCCCCCCCCCCCCCC(CCCCCCCCCCCCC)CC[Si](C)(C)CCCCCCOc1ccc(C2CCC(CCCCCCC)CC2)cc1. The molecule has 1 aromatic rings. The summed E-state index contributed by atoms with van der Waals surface area (Å²) in [5.41, 5.74) is 1.55. The van der Waals surface area contributed by atoms with Crippen LogP contribution in [0.1, 0.15) is 296 Å². The molecule has 0 spiro atoms. The first-order valence-electron chi connectivity index (χ1n) is 28.2. The third-order valence-corrected chi connectivity index (χ3v) is 18.4. The Morgan fingerprint density at radius 3 is 1.30 bits per heavy atom. The zero-order valence-corrected chi connectivity index (χ0v) is 43.1. The predicted octanol–water partition coefficient (Wildman–Crippen LogP) is 21.2. The van der Waals surface area contributed by atoms with Crippen LogP contribution in [0.15, 0.2) is 24.3 Å². The topological polar surface area (TPSA) is 9.23 Å². The number of benzene rings is 1. The molecule has 0 N–H and O–H groups in total. The lowest BCUT2D eigenvalue weighted by atomic mass is 9.77. The average Bonchev–Trinajstić information content (AvgIpc) is 3.26.